The van der Waals surface area contributed by atoms with Crippen molar-refractivity contribution in [2.45, 2.75) is 63.1 Å². The van der Waals surface area contributed by atoms with Crippen molar-refractivity contribution in [3.8, 4) is 0 Å². The Morgan fingerprint density at radius 3 is 2.76 bits per heavy atom. The number of benzene rings is 2. The largest absolute Gasteiger partial charge is 0.396 e. The number of fused-ring (bicyclic) bond motifs is 2. The van der Waals surface area contributed by atoms with E-state index in [4.69, 9.17) is 4.74 Å². The van der Waals surface area contributed by atoms with E-state index < -0.39 is 25.7 Å². The molecule has 1 spiro atoms. The summed E-state index contributed by atoms with van der Waals surface area (Å²) in [6.45, 7) is 7.05. The van der Waals surface area contributed by atoms with E-state index in [1.807, 2.05) is 55.5 Å². The second-order valence-electron chi connectivity index (χ2n) is 11.4. The highest BCUT2D eigenvalue weighted by Gasteiger charge is 2.66. The van der Waals surface area contributed by atoms with E-state index in [1.54, 1.807) is 18.0 Å². The minimum atomic E-state index is -3.22. The van der Waals surface area contributed by atoms with E-state index in [0.29, 0.717) is 25.2 Å². The quantitative estimate of drug-likeness (QED) is 0.360. The summed E-state index contributed by atoms with van der Waals surface area (Å²) in [6, 6.07) is 15.2. The highest BCUT2D eigenvalue weighted by atomic mass is 28.4. The van der Waals surface area contributed by atoms with Crippen LogP contribution < -0.4 is 15.5 Å². The summed E-state index contributed by atoms with van der Waals surface area (Å²) in [4.78, 5) is 28.7. The van der Waals surface area contributed by atoms with Crippen LogP contribution in [0.3, 0.4) is 0 Å². The van der Waals surface area contributed by atoms with E-state index in [2.05, 4.69) is 10.6 Å². The maximum atomic E-state index is 15.6. The molecule has 2 amide bonds. The number of amides is 2. The van der Waals surface area contributed by atoms with Crippen LogP contribution in [-0.2, 0) is 26.5 Å². The molecule has 2 saturated heterocycles. The van der Waals surface area contributed by atoms with Gasteiger partial charge in [-0.25, -0.2) is 0 Å². The molecular weight excluding hydrogens is 501 g/mol. The third-order valence-corrected chi connectivity index (χ3v) is 10.9. The number of carbonyl (C=O) groups is 2. The number of nitrogens with zero attached hydrogens (tertiary/aromatic N) is 1. The molecule has 1 unspecified atom stereocenters. The number of piperidine rings is 1. The van der Waals surface area contributed by atoms with E-state index in [1.165, 1.54) is 0 Å². The first-order valence-electron chi connectivity index (χ1n) is 13.7. The van der Waals surface area contributed by atoms with Crippen LogP contribution in [0.15, 0.2) is 48.5 Å². The molecule has 38 heavy (non-hydrogen) atoms. The minimum absolute atomic E-state index is 0.00282. The van der Waals surface area contributed by atoms with E-state index in [9.17, 15) is 14.7 Å². The maximum absolute atomic E-state index is 15.6. The summed E-state index contributed by atoms with van der Waals surface area (Å²) in [7, 11) is -3.22. The van der Waals surface area contributed by atoms with Gasteiger partial charge in [-0.2, -0.15) is 0 Å². The number of hydrogen-bond acceptors (Lipinski definition) is 5. The molecule has 204 valence electrons. The Bertz CT molecular complexity index is 1200. The number of rotatable bonds is 7. The van der Waals surface area contributed by atoms with Crippen molar-refractivity contribution < 1.29 is 23.5 Å². The van der Waals surface area contributed by atoms with Crippen LogP contribution in [-0.4, -0.2) is 51.1 Å². The predicted molar refractivity (Wildman–Crippen MR) is 148 cm³/mol. The van der Waals surface area contributed by atoms with Gasteiger partial charge in [-0.1, -0.05) is 37.3 Å². The molecule has 9 heteroatoms. The summed E-state index contributed by atoms with van der Waals surface area (Å²) in [6.07, 6.45) is 1.63. The molecule has 0 radical (unpaired) electrons. The molecule has 7 nitrogen and oxygen atoms in total. The number of ether oxygens (including phenoxy) is 1. The normalized spacial score (nSPS) is 29.1. The van der Waals surface area contributed by atoms with Crippen molar-refractivity contribution in [2.75, 3.05) is 29.9 Å². The van der Waals surface area contributed by atoms with Gasteiger partial charge < -0.3 is 29.5 Å². The van der Waals surface area contributed by atoms with Crippen LogP contribution >= 0.6 is 0 Å². The monoisotopic (exact) mass is 539 g/mol. The molecule has 2 aromatic carbocycles. The lowest BCUT2D eigenvalue weighted by Crippen LogP contribution is -2.45. The van der Waals surface area contributed by atoms with E-state index in [-0.39, 0.29) is 30.3 Å². The van der Waals surface area contributed by atoms with Gasteiger partial charge in [0.05, 0.1) is 24.3 Å². The molecule has 0 saturated carbocycles. The van der Waals surface area contributed by atoms with Gasteiger partial charge in [-0.05, 0) is 62.7 Å². The van der Waals surface area contributed by atoms with Gasteiger partial charge in [0.15, 0.2) is 5.60 Å². The van der Waals surface area contributed by atoms with Gasteiger partial charge in [-0.3, -0.25) is 9.59 Å². The zero-order valence-electron chi connectivity index (χ0n) is 22.4. The van der Waals surface area contributed by atoms with Crippen LogP contribution in [0.2, 0.25) is 18.6 Å². The van der Waals surface area contributed by atoms with Crippen molar-refractivity contribution in [3.63, 3.8) is 0 Å². The summed E-state index contributed by atoms with van der Waals surface area (Å²) in [5, 5.41) is 16.0. The number of aliphatic hydroxyl groups is 1. The molecule has 5 atom stereocenters. The number of nitrogens with one attached hydrogen (secondary N) is 2. The molecule has 3 aliphatic heterocycles. The second-order valence-corrected chi connectivity index (χ2v) is 15.2. The summed E-state index contributed by atoms with van der Waals surface area (Å²) in [5.41, 5.74) is 1.39. The molecule has 0 bridgehead atoms. The summed E-state index contributed by atoms with van der Waals surface area (Å²) >= 11 is 0. The molecule has 5 rings (SSSR count). The van der Waals surface area contributed by atoms with Crippen molar-refractivity contribution in [3.05, 3.63) is 59.7 Å². The van der Waals surface area contributed by atoms with Gasteiger partial charge in [0, 0.05) is 35.9 Å². The van der Waals surface area contributed by atoms with Gasteiger partial charge >= 0.3 is 0 Å². The van der Waals surface area contributed by atoms with Gasteiger partial charge in [-0.15, -0.1) is 0 Å². The maximum Gasteiger partial charge on any atom is 0.264 e. The molecule has 3 N–H and O–H groups in total. The Hall–Kier alpha value is -2.59. The van der Waals surface area contributed by atoms with E-state index >= 15 is 4.11 Å². The molecule has 2 aromatic rings. The molecule has 2 fully saturated rings. The third kappa shape index (κ3) is 4.70. The second kappa shape index (κ2) is 10.5. The third-order valence-electron chi connectivity index (χ3n) is 8.48. The average molecular weight is 540 g/mol. The number of halogens is 1. The van der Waals surface area contributed by atoms with Crippen molar-refractivity contribution in [1.82, 2.24) is 5.32 Å². The Morgan fingerprint density at radius 2 is 2.05 bits per heavy atom. The highest BCUT2D eigenvalue weighted by Crippen LogP contribution is 2.60. The van der Waals surface area contributed by atoms with Crippen LogP contribution in [0.25, 0.3) is 0 Å². The van der Waals surface area contributed by atoms with Crippen molar-refractivity contribution in [2.24, 2.45) is 11.8 Å². The van der Waals surface area contributed by atoms with Crippen molar-refractivity contribution in [1.29, 1.82) is 0 Å². The van der Waals surface area contributed by atoms with E-state index in [0.717, 1.165) is 36.2 Å². The van der Waals surface area contributed by atoms with Gasteiger partial charge in [0.25, 0.3) is 5.91 Å². The van der Waals surface area contributed by atoms with Gasteiger partial charge in [0.1, 0.15) is 0 Å². The van der Waals surface area contributed by atoms with Crippen LogP contribution in [0.1, 0.15) is 37.3 Å². The number of aliphatic hydroxyl groups excluding tert-OH is 1. The molecule has 3 aliphatic rings. The first kappa shape index (κ1) is 27.0. The first-order valence-corrected chi connectivity index (χ1v) is 16.6. The molecular formula is C29H38FN3O4Si. The smallest absolute Gasteiger partial charge is 0.264 e. The molecule has 0 aliphatic carbocycles. The minimum Gasteiger partial charge on any atom is -0.396 e. The first-order chi connectivity index (χ1) is 18.2. The van der Waals surface area contributed by atoms with Crippen LogP contribution in [0.5, 0.6) is 0 Å². The SMILES string of the molecule is C[C@@H]1[C@@H]([Si](C)(C)F)[C@H](CCO)O[C@@]12C(=O)N(Cc1cccc(NC(=O)C3CCCNC3)c1)c1ccccc12. The zero-order valence-corrected chi connectivity index (χ0v) is 23.4. The Balaban J connectivity index is 1.43. The summed E-state index contributed by atoms with van der Waals surface area (Å²) in [5.74, 6) is -0.622. The fraction of sp³-hybridized carbons (Fsp3) is 0.517. The lowest BCUT2D eigenvalue weighted by Gasteiger charge is -2.31. The average Bonchev–Trinajstić information content (AvgIpc) is 3.32. The molecule has 0 aromatic heterocycles. The lowest BCUT2D eigenvalue weighted by atomic mass is 9.82. The number of carbonyl (C=O) groups excluding carboxylic acids is 2. The predicted octanol–water partition coefficient (Wildman–Crippen LogP) is 4.33. The number of para-hydroxylation sites is 1. The Kier molecular flexibility index (Phi) is 7.47. The Labute approximate surface area is 224 Å². The van der Waals surface area contributed by atoms with Gasteiger partial charge in [0.2, 0.25) is 14.3 Å². The summed E-state index contributed by atoms with van der Waals surface area (Å²) < 4.78 is 22.1. The number of hydrogen-bond donors (Lipinski definition) is 3. The number of anilines is 2. The lowest BCUT2D eigenvalue weighted by molar-refractivity contribution is -0.146. The topological polar surface area (TPSA) is 90.9 Å². The van der Waals surface area contributed by atoms with Crippen LogP contribution in [0, 0.1) is 11.8 Å². The fourth-order valence-corrected chi connectivity index (χ4v) is 9.35. The zero-order chi connectivity index (χ0) is 27.1. The Morgan fingerprint density at radius 1 is 1.26 bits per heavy atom. The fourth-order valence-electron chi connectivity index (χ4n) is 6.81. The van der Waals surface area contributed by atoms with Crippen LogP contribution in [0.4, 0.5) is 15.5 Å². The van der Waals surface area contributed by atoms with Crippen molar-refractivity contribution >= 4 is 31.6 Å². The highest BCUT2D eigenvalue weighted by molar-refractivity contribution is 6.72. The standard InChI is InChI=1S/C29H38FN3O4Si/c1-19-26(38(2,3)30)25(13-15-34)37-29(19)23-11-4-5-12-24(23)33(28(29)36)18-20-8-6-10-22(16-20)32-27(35)21-9-7-14-31-17-21/h4-6,8,10-12,16,19,21,25-26,31,34H,7,9,13-15,17-18H2,1-3H3,(H,32,35)/t19-,21?,25+,26-,29+/m1/s1. The molecule has 3 heterocycles.